The molecule has 0 aromatic heterocycles. The smallest absolute Gasteiger partial charge is 0.223 e. The Morgan fingerprint density at radius 1 is 1.20 bits per heavy atom. The van der Waals surface area contributed by atoms with Crippen molar-refractivity contribution in [2.45, 2.75) is 31.8 Å². The fraction of sp³-hybridized carbons (Fsp3) is 0.381. The van der Waals surface area contributed by atoms with Crippen molar-refractivity contribution in [3.05, 3.63) is 71.5 Å². The molecule has 25 heavy (non-hydrogen) atoms. The Labute approximate surface area is 148 Å². The summed E-state index contributed by atoms with van der Waals surface area (Å²) in [6.45, 7) is 3.83. The number of benzene rings is 2. The molecule has 1 aliphatic heterocycles. The van der Waals surface area contributed by atoms with E-state index < -0.39 is 0 Å². The number of hydrogen-bond donors (Lipinski definition) is 0. The molecular formula is C21H24FNO2. The Morgan fingerprint density at radius 2 is 1.92 bits per heavy atom. The van der Waals surface area contributed by atoms with Crippen LogP contribution in [0.2, 0.25) is 0 Å². The minimum atomic E-state index is -0.246. The van der Waals surface area contributed by atoms with Gasteiger partial charge in [0.1, 0.15) is 11.9 Å². The molecule has 1 aliphatic rings. The van der Waals surface area contributed by atoms with E-state index in [4.69, 9.17) is 4.74 Å². The van der Waals surface area contributed by atoms with Crippen molar-refractivity contribution >= 4 is 5.91 Å². The van der Waals surface area contributed by atoms with E-state index in [2.05, 4.69) is 6.92 Å². The molecule has 2 atom stereocenters. The Hall–Kier alpha value is -2.20. The number of carbonyl (C=O) groups excluding carboxylic acids is 1. The molecule has 0 aliphatic carbocycles. The van der Waals surface area contributed by atoms with Gasteiger partial charge in [-0.25, -0.2) is 4.39 Å². The first-order chi connectivity index (χ1) is 12.2. The lowest BCUT2D eigenvalue weighted by Gasteiger charge is -2.34. The van der Waals surface area contributed by atoms with Gasteiger partial charge in [-0.2, -0.15) is 0 Å². The molecule has 2 unspecified atom stereocenters. The van der Waals surface area contributed by atoms with Crippen LogP contribution in [0, 0.1) is 5.82 Å². The quantitative estimate of drug-likeness (QED) is 0.811. The third-order valence-electron chi connectivity index (χ3n) is 4.85. The van der Waals surface area contributed by atoms with Gasteiger partial charge in [-0.1, -0.05) is 49.4 Å². The highest BCUT2D eigenvalue weighted by Crippen LogP contribution is 2.27. The van der Waals surface area contributed by atoms with Gasteiger partial charge in [0.2, 0.25) is 5.91 Å². The predicted molar refractivity (Wildman–Crippen MR) is 95.8 cm³/mol. The van der Waals surface area contributed by atoms with Gasteiger partial charge in [-0.3, -0.25) is 4.79 Å². The fourth-order valence-electron chi connectivity index (χ4n) is 3.32. The molecule has 3 rings (SSSR count). The molecule has 1 saturated heterocycles. The summed E-state index contributed by atoms with van der Waals surface area (Å²) in [7, 11) is 0. The summed E-state index contributed by atoms with van der Waals surface area (Å²) in [5.41, 5.74) is 2.12. The average molecular weight is 341 g/mol. The number of nitrogens with zero attached hydrogens (tertiary/aromatic N) is 1. The van der Waals surface area contributed by atoms with Gasteiger partial charge in [0, 0.05) is 13.0 Å². The van der Waals surface area contributed by atoms with Gasteiger partial charge >= 0.3 is 0 Å². The van der Waals surface area contributed by atoms with Gasteiger partial charge in [0.05, 0.1) is 13.2 Å². The maximum absolute atomic E-state index is 13.1. The minimum absolute atomic E-state index is 0.0650. The van der Waals surface area contributed by atoms with Crippen molar-refractivity contribution in [1.82, 2.24) is 4.90 Å². The molecule has 0 N–H and O–H groups in total. The summed E-state index contributed by atoms with van der Waals surface area (Å²) in [5, 5.41) is 0. The van der Waals surface area contributed by atoms with Crippen LogP contribution >= 0.6 is 0 Å². The summed E-state index contributed by atoms with van der Waals surface area (Å²) < 4.78 is 19.0. The van der Waals surface area contributed by atoms with Gasteiger partial charge in [0.25, 0.3) is 0 Å². The molecule has 2 aromatic carbocycles. The van der Waals surface area contributed by atoms with Crippen molar-refractivity contribution in [3.8, 4) is 0 Å². The van der Waals surface area contributed by atoms with E-state index in [9.17, 15) is 9.18 Å². The van der Waals surface area contributed by atoms with Crippen molar-refractivity contribution < 1.29 is 13.9 Å². The minimum Gasteiger partial charge on any atom is -0.370 e. The molecule has 2 aromatic rings. The normalized spacial score (nSPS) is 18.8. The van der Waals surface area contributed by atoms with Crippen molar-refractivity contribution in [2.24, 2.45) is 0 Å². The molecule has 0 saturated carbocycles. The van der Waals surface area contributed by atoms with Crippen molar-refractivity contribution in [2.75, 3.05) is 19.7 Å². The van der Waals surface area contributed by atoms with Crippen molar-refractivity contribution in [1.29, 1.82) is 0 Å². The van der Waals surface area contributed by atoms with Crippen LogP contribution in [0.4, 0.5) is 4.39 Å². The van der Waals surface area contributed by atoms with Crippen LogP contribution in [0.15, 0.2) is 54.6 Å². The number of rotatable bonds is 5. The lowest BCUT2D eigenvalue weighted by atomic mass is 9.92. The Morgan fingerprint density at radius 3 is 2.60 bits per heavy atom. The van der Waals surface area contributed by atoms with E-state index in [1.165, 1.54) is 12.1 Å². The van der Waals surface area contributed by atoms with Crippen LogP contribution in [0.25, 0.3) is 0 Å². The molecule has 132 valence electrons. The summed E-state index contributed by atoms with van der Waals surface area (Å²) >= 11 is 0. The van der Waals surface area contributed by atoms with E-state index in [1.807, 2.05) is 35.2 Å². The second-order valence-electron chi connectivity index (χ2n) is 6.47. The van der Waals surface area contributed by atoms with Crippen LogP contribution in [-0.2, 0) is 9.53 Å². The standard InChI is InChI=1S/C21H24FNO2/c1-2-16(17-8-10-19(22)11-9-17)14-21(24)23-12-13-25-20(15-23)18-6-4-3-5-7-18/h3-11,16,20H,2,12-15H2,1H3. The summed E-state index contributed by atoms with van der Waals surface area (Å²) in [5.74, 6) is 0.00957. The second-order valence-corrected chi connectivity index (χ2v) is 6.47. The number of hydrogen-bond acceptors (Lipinski definition) is 2. The van der Waals surface area contributed by atoms with Crippen LogP contribution in [0.3, 0.4) is 0 Å². The first-order valence-corrected chi connectivity index (χ1v) is 8.87. The number of morpholine rings is 1. The predicted octanol–water partition coefficient (Wildman–Crippen LogP) is 4.31. The highest BCUT2D eigenvalue weighted by atomic mass is 19.1. The van der Waals surface area contributed by atoms with E-state index in [1.54, 1.807) is 12.1 Å². The molecule has 1 heterocycles. The van der Waals surface area contributed by atoms with Crippen LogP contribution < -0.4 is 0 Å². The van der Waals surface area contributed by atoms with Gasteiger partial charge < -0.3 is 9.64 Å². The summed E-state index contributed by atoms with van der Waals surface area (Å²) in [6.07, 6.45) is 1.23. The van der Waals surface area contributed by atoms with E-state index in [0.29, 0.717) is 26.1 Å². The summed E-state index contributed by atoms with van der Waals surface area (Å²) in [6, 6.07) is 16.5. The molecule has 4 heteroatoms. The van der Waals surface area contributed by atoms with Gasteiger partial charge in [0.15, 0.2) is 0 Å². The van der Waals surface area contributed by atoms with Gasteiger partial charge in [-0.15, -0.1) is 0 Å². The first-order valence-electron chi connectivity index (χ1n) is 8.87. The Bertz CT molecular complexity index is 687. The number of ether oxygens (including phenoxy) is 1. The SMILES string of the molecule is CCC(CC(=O)N1CCOC(c2ccccc2)C1)c1ccc(F)cc1. The zero-order valence-corrected chi connectivity index (χ0v) is 14.5. The number of carbonyl (C=O) groups is 1. The Kier molecular flexibility index (Phi) is 5.82. The van der Waals surface area contributed by atoms with E-state index in [-0.39, 0.29) is 23.7 Å². The second kappa shape index (κ2) is 8.26. The average Bonchev–Trinajstić information content (AvgIpc) is 2.67. The van der Waals surface area contributed by atoms with Crippen molar-refractivity contribution in [3.63, 3.8) is 0 Å². The lowest BCUT2D eigenvalue weighted by Crippen LogP contribution is -2.42. The monoisotopic (exact) mass is 341 g/mol. The fourth-order valence-corrected chi connectivity index (χ4v) is 3.32. The third-order valence-corrected chi connectivity index (χ3v) is 4.85. The lowest BCUT2D eigenvalue weighted by molar-refractivity contribution is -0.139. The van der Waals surface area contributed by atoms with E-state index >= 15 is 0 Å². The number of halogens is 1. The molecule has 1 fully saturated rings. The zero-order valence-electron chi connectivity index (χ0n) is 14.5. The molecule has 0 bridgehead atoms. The van der Waals surface area contributed by atoms with E-state index in [0.717, 1.165) is 17.5 Å². The topological polar surface area (TPSA) is 29.5 Å². The first kappa shape index (κ1) is 17.6. The number of amides is 1. The third kappa shape index (κ3) is 4.45. The zero-order chi connectivity index (χ0) is 17.6. The van der Waals surface area contributed by atoms with Gasteiger partial charge in [-0.05, 0) is 35.6 Å². The van der Waals surface area contributed by atoms with Crippen LogP contribution in [-0.4, -0.2) is 30.5 Å². The molecule has 0 spiro atoms. The molecule has 3 nitrogen and oxygen atoms in total. The highest BCUT2D eigenvalue weighted by molar-refractivity contribution is 5.77. The molecule has 1 amide bonds. The maximum Gasteiger partial charge on any atom is 0.223 e. The molecular weight excluding hydrogens is 317 g/mol. The largest absolute Gasteiger partial charge is 0.370 e. The highest BCUT2D eigenvalue weighted by Gasteiger charge is 2.26. The van der Waals surface area contributed by atoms with Crippen LogP contribution in [0.5, 0.6) is 0 Å². The van der Waals surface area contributed by atoms with Crippen LogP contribution in [0.1, 0.15) is 42.9 Å². The summed E-state index contributed by atoms with van der Waals surface area (Å²) in [4.78, 5) is 14.7. The Balaban J connectivity index is 1.64. The molecule has 0 radical (unpaired) electrons. The maximum atomic E-state index is 13.1.